The van der Waals surface area contributed by atoms with Gasteiger partial charge in [0, 0.05) is 28.7 Å². The lowest BCUT2D eigenvalue weighted by atomic mass is 9.99. The second-order valence-corrected chi connectivity index (χ2v) is 5.85. The molecule has 108 valence electrons. The van der Waals surface area contributed by atoms with E-state index in [1.165, 1.54) is 16.8 Å². The van der Waals surface area contributed by atoms with Gasteiger partial charge in [0.2, 0.25) is 0 Å². The zero-order valence-electron chi connectivity index (χ0n) is 10.9. The molecule has 0 saturated heterocycles. The van der Waals surface area contributed by atoms with Crippen molar-refractivity contribution in [2.75, 3.05) is 0 Å². The summed E-state index contributed by atoms with van der Waals surface area (Å²) in [5.41, 5.74) is 7.19. The SMILES string of the molecule is Cc1nn(C)c(Cl)c1CC(N)c1c(F)cc(Br)cc1F. The highest BCUT2D eigenvalue weighted by atomic mass is 79.9. The summed E-state index contributed by atoms with van der Waals surface area (Å²) in [5, 5.41) is 4.58. The zero-order chi connectivity index (χ0) is 15.0. The Bertz CT molecular complexity index is 634. The van der Waals surface area contributed by atoms with Gasteiger partial charge in [-0.05, 0) is 25.5 Å². The lowest BCUT2D eigenvalue weighted by Gasteiger charge is -2.14. The van der Waals surface area contributed by atoms with Crippen LogP contribution in [0.15, 0.2) is 16.6 Å². The summed E-state index contributed by atoms with van der Waals surface area (Å²) in [6, 6.07) is 1.55. The minimum atomic E-state index is -0.830. The highest BCUT2D eigenvalue weighted by Gasteiger charge is 2.21. The van der Waals surface area contributed by atoms with Crippen LogP contribution in [0, 0.1) is 18.6 Å². The Kier molecular flexibility index (Phi) is 4.46. The van der Waals surface area contributed by atoms with E-state index >= 15 is 0 Å². The molecule has 2 rings (SSSR count). The fraction of sp³-hybridized carbons (Fsp3) is 0.308. The van der Waals surface area contributed by atoms with E-state index in [-0.39, 0.29) is 12.0 Å². The van der Waals surface area contributed by atoms with Gasteiger partial charge in [0.05, 0.1) is 5.69 Å². The molecule has 7 heteroatoms. The maximum Gasteiger partial charge on any atom is 0.132 e. The number of hydrogen-bond donors (Lipinski definition) is 1. The molecule has 2 N–H and O–H groups in total. The van der Waals surface area contributed by atoms with Gasteiger partial charge in [-0.15, -0.1) is 0 Å². The molecule has 1 heterocycles. The Morgan fingerprint density at radius 1 is 1.40 bits per heavy atom. The number of hydrogen-bond acceptors (Lipinski definition) is 2. The number of halogens is 4. The fourth-order valence-corrected chi connectivity index (χ4v) is 2.79. The smallest absolute Gasteiger partial charge is 0.132 e. The van der Waals surface area contributed by atoms with Crippen LogP contribution in [0.25, 0.3) is 0 Å². The third-order valence-corrected chi connectivity index (χ3v) is 4.04. The molecule has 0 saturated carbocycles. The summed E-state index contributed by atoms with van der Waals surface area (Å²) in [6.45, 7) is 1.78. The second-order valence-electron chi connectivity index (χ2n) is 4.57. The lowest BCUT2D eigenvalue weighted by molar-refractivity contribution is 0.523. The molecule has 1 aromatic heterocycles. The highest BCUT2D eigenvalue weighted by molar-refractivity contribution is 9.10. The van der Waals surface area contributed by atoms with E-state index in [1.54, 1.807) is 14.0 Å². The second kappa shape index (κ2) is 5.79. The first kappa shape index (κ1) is 15.4. The molecule has 0 aliphatic rings. The van der Waals surface area contributed by atoms with Gasteiger partial charge < -0.3 is 5.73 Å². The molecular weight excluding hydrogens is 352 g/mol. The fourth-order valence-electron chi connectivity index (χ4n) is 2.14. The summed E-state index contributed by atoms with van der Waals surface area (Å²) in [5.74, 6) is -1.36. The van der Waals surface area contributed by atoms with Crippen molar-refractivity contribution in [3.8, 4) is 0 Å². The van der Waals surface area contributed by atoms with Crippen molar-refractivity contribution in [2.45, 2.75) is 19.4 Å². The molecule has 1 aromatic carbocycles. The summed E-state index contributed by atoms with van der Waals surface area (Å²) < 4.78 is 29.6. The van der Waals surface area contributed by atoms with Crippen LogP contribution in [0.4, 0.5) is 8.78 Å². The van der Waals surface area contributed by atoms with Crippen molar-refractivity contribution in [1.82, 2.24) is 9.78 Å². The van der Waals surface area contributed by atoms with E-state index in [0.717, 1.165) is 0 Å². The third-order valence-electron chi connectivity index (χ3n) is 3.11. The topological polar surface area (TPSA) is 43.8 Å². The van der Waals surface area contributed by atoms with Crippen molar-refractivity contribution in [2.24, 2.45) is 12.8 Å². The van der Waals surface area contributed by atoms with E-state index in [9.17, 15) is 8.78 Å². The molecule has 0 amide bonds. The standard InChI is InChI=1S/C13H13BrClF2N3/c1-6-8(13(15)20(2)19-6)5-11(18)12-9(16)3-7(14)4-10(12)17/h3-4,11H,5,18H2,1-2H3. The zero-order valence-corrected chi connectivity index (χ0v) is 13.3. The molecule has 0 aliphatic carbocycles. The first-order chi connectivity index (χ1) is 9.31. The maximum atomic E-state index is 13.9. The number of aromatic nitrogens is 2. The molecule has 1 unspecified atom stereocenters. The van der Waals surface area contributed by atoms with Crippen LogP contribution in [-0.4, -0.2) is 9.78 Å². The molecule has 0 bridgehead atoms. The number of nitrogens with two attached hydrogens (primary N) is 1. The van der Waals surface area contributed by atoms with Gasteiger partial charge in [-0.1, -0.05) is 27.5 Å². The molecule has 0 spiro atoms. The summed E-state index contributed by atoms with van der Waals surface area (Å²) in [7, 11) is 1.70. The molecule has 3 nitrogen and oxygen atoms in total. The maximum absolute atomic E-state index is 13.9. The van der Waals surface area contributed by atoms with Gasteiger partial charge in [-0.25, -0.2) is 8.78 Å². The molecule has 1 atom stereocenters. The average molecular weight is 365 g/mol. The average Bonchev–Trinajstić information content (AvgIpc) is 2.54. The molecule has 0 aliphatic heterocycles. The Morgan fingerprint density at radius 2 is 1.95 bits per heavy atom. The minimum Gasteiger partial charge on any atom is -0.323 e. The van der Waals surface area contributed by atoms with Gasteiger partial charge in [0.25, 0.3) is 0 Å². The van der Waals surface area contributed by atoms with Crippen LogP contribution in [0.1, 0.15) is 22.9 Å². The lowest BCUT2D eigenvalue weighted by Crippen LogP contribution is -2.17. The van der Waals surface area contributed by atoms with Crippen molar-refractivity contribution >= 4 is 27.5 Å². The molecule has 0 radical (unpaired) electrons. The van der Waals surface area contributed by atoms with Crippen molar-refractivity contribution in [3.63, 3.8) is 0 Å². The third kappa shape index (κ3) is 2.87. The van der Waals surface area contributed by atoms with E-state index in [1.807, 2.05) is 0 Å². The van der Waals surface area contributed by atoms with Crippen LogP contribution in [0.3, 0.4) is 0 Å². The van der Waals surface area contributed by atoms with Crippen LogP contribution < -0.4 is 5.73 Å². The van der Waals surface area contributed by atoms with E-state index < -0.39 is 17.7 Å². The predicted octanol–water partition coefficient (Wildman–Crippen LogP) is 3.67. The largest absolute Gasteiger partial charge is 0.323 e. The highest BCUT2D eigenvalue weighted by Crippen LogP contribution is 2.28. The van der Waals surface area contributed by atoms with Crippen molar-refractivity contribution in [1.29, 1.82) is 0 Å². The normalized spacial score (nSPS) is 12.8. The Hall–Kier alpha value is -0.980. The first-order valence-corrected chi connectivity index (χ1v) is 7.06. The first-order valence-electron chi connectivity index (χ1n) is 5.89. The van der Waals surface area contributed by atoms with Crippen LogP contribution >= 0.6 is 27.5 Å². The van der Waals surface area contributed by atoms with E-state index in [4.69, 9.17) is 17.3 Å². The quantitative estimate of drug-likeness (QED) is 0.903. The van der Waals surface area contributed by atoms with E-state index in [0.29, 0.717) is 20.9 Å². The van der Waals surface area contributed by atoms with Gasteiger partial charge in [0.1, 0.15) is 16.8 Å². The summed E-state index contributed by atoms with van der Waals surface area (Å²) in [4.78, 5) is 0. The Balaban J connectivity index is 2.36. The van der Waals surface area contributed by atoms with E-state index in [2.05, 4.69) is 21.0 Å². The van der Waals surface area contributed by atoms with Crippen LogP contribution in [-0.2, 0) is 13.5 Å². The summed E-state index contributed by atoms with van der Waals surface area (Å²) in [6.07, 6.45) is 0.216. The Morgan fingerprint density at radius 3 is 2.40 bits per heavy atom. The minimum absolute atomic E-state index is 0.146. The molecule has 2 aromatic rings. The molecule has 20 heavy (non-hydrogen) atoms. The Labute approximate surface area is 128 Å². The molecular formula is C13H13BrClF2N3. The van der Waals surface area contributed by atoms with Gasteiger partial charge >= 0.3 is 0 Å². The number of benzene rings is 1. The van der Waals surface area contributed by atoms with Crippen LogP contribution in [0.2, 0.25) is 5.15 Å². The van der Waals surface area contributed by atoms with Gasteiger partial charge in [0.15, 0.2) is 0 Å². The number of nitrogens with zero attached hydrogens (tertiary/aromatic N) is 2. The monoisotopic (exact) mass is 363 g/mol. The van der Waals surface area contributed by atoms with Gasteiger partial charge in [-0.3, -0.25) is 4.68 Å². The summed E-state index contributed by atoms with van der Waals surface area (Å²) >= 11 is 9.13. The number of rotatable bonds is 3. The number of aryl methyl sites for hydroxylation is 2. The van der Waals surface area contributed by atoms with Gasteiger partial charge in [-0.2, -0.15) is 5.10 Å². The van der Waals surface area contributed by atoms with Crippen LogP contribution in [0.5, 0.6) is 0 Å². The van der Waals surface area contributed by atoms with Crippen molar-refractivity contribution < 1.29 is 8.78 Å². The van der Waals surface area contributed by atoms with Crippen molar-refractivity contribution in [3.05, 3.63) is 50.2 Å². The predicted molar refractivity (Wildman–Crippen MR) is 77.6 cm³/mol. The molecule has 0 fully saturated rings.